The van der Waals surface area contributed by atoms with E-state index >= 15 is 0 Å². The van der Waals surface area contributed by atoms with Crippen LogP contribution in [0.25, 0.3) is 0 Å². The van der Waals surface area contributed by atoms with Crippen molar-refractivity contribution in [3.05, 3.63) is 24.3 Å². The van der Waals surface area contributed by atoms with Crippen LogP contribution in [0.15, 0.2) is 24.3 Å². The van der Waals surface area contributed by atoms with E-state index in [4.69, 9.17) is 0 Å². The molecular formula is C14H19F3N2O. The second kappa shape index (κ2) is 6.83. The normalized spacial score (nSPS) is 16.4. The van der Waals surface area contributed by atoms with Crippen LogP contribution in [0, 0.1) is 0 Å². The summed E-state index contributed by atoms with van der Waals surface area (Å²) in [6.07, 6.45) is -1.26. The summed E-state index contributed by atoms with van der Waals surface area (Å²) < 4.78 is 40.8. The molecule has 2 rings (SSSR count). The van der Waals surface area contributed by atoms with Gasteiger partial charge in [0.1, 0.15) is 0 Å². The first kappa shape index (κ1) is 15.0. The van der Waals surface area contributed by atoms with Crippen molar-refractivity contribution in [2.75, 3.05) is 31.5 Å². The number of hydrogen-bond acceptors (Lipinski definition) is 3. The van der Waals surface area contributed by atoms with E-state index in [0.29, 0.717) is 12.2 Å². The van der Waals surface area contributed by atoms with Crippen LogP contribution < -0.4 is 10.1 Å². The molecule has 0 saturated carbocycles. The Kier molecular flexibility index (Phi) is 5.11. The van der Waals surface area contributed by atoms with Gasteiger partial charge in [-0.1, -0.05) is 12.1 Å². The number of halogens is 3. The number of nitrogens with one attached hydrogen (secondary N) is 1. The molecule has 1 heterocycles. The number of nitrogens with zero attached hydrogens (tertiary/aromatic N) is 1. The van der Waals surface area contributed by atoms with Gasteiger partial charge in [-0.25, -0.2) is 0 Å². The van der Waals surface area contributed by atoms with Gasteiger partial charge in [-0.15, -0.1) is 13.2 Å². The van der Waals surface area contributed by atoms with Crippen molar-refractivity contribution >= 4 is 5.69 Å². The van der Waals surface area contributed by atoms with Gasteiger partial charge in [0.15, 0.2) is 5.75 Å². The average Bonchev–Trinajstić information content (AvgIpc) is 2.88. The van der Waals surface area contributed by atoms with E-state index in [1.807, 2.05) is 0 Å². The quantitative estimate of drug-likeness (QED) is 0.811. The van der Waals surface area contributed by atoms with Gasteiger partial charge in [0.25, 0.3) is 0 Å². The predicted molar refractivity (Wildman–Crippen MR) is 71.9 cm³/mol. The summed E-state index contributed by atoms with van der Waals surface area (Å²) in [5.41, 5.74) is 0.381. The van der Waals surface area contributed by atoms with E-state index in [-0.39, 0.29) is 5.75 Å². The molecule has 0 spiro atoms. The zero-order chi connectivity index (χ0) is 14.4. The SMILES string of the molecule is FC(F)(F)Oc1ccccc1NCCCN1CCCC1. The first-order valence-electron chi connectivity index (χ1n) is 6.85. The van der Waals surface area contributed by atoms with Crippen molar-refractivity contribution < 1.29 is 17.9 Å². The third-order valence-corrected chi connectivity index (χ3v) is 3.28. The van der Waals surface area contributed by atoms with Crippen molar-refractivity contribution in [2.45, 2.75) is 25.6 Å². The minimum Gasteiger partial charge on any atom is -0.404 e. The molecule has 20 heavy (non-hydrogen) atoms. The third-order valence-electron chi connectivity index (χ3n) is 3.28. The van der Waals surface area contributed by atoms with E-state index in [1.54, 1.807) is 12.1 Å². The fraction of sp³-hybridized carbons (Fsp3) is 0.571. The van der Waals surface area contributed by atoms with Gasteiger partial charge in [0, 0.05) is 6.54 Å². The molecule has 0 atom stereocenters. The molecule has 1 N–H and O–H groups in total. The Labute approximate surface area is 116 Å². The molecule has 112 valence electrons. The lowest BCUT2D eigenvalue weighted by molar-refractivity contribution is -0.274. The Morgan fingerprint density at radius 2 is 1.85 bits per heavy atom. The molecule has 0 bridgehead atoms. The molecule has 6 heteroatoms. The molecule has 1 aromatic carbocycles. The Morgan fingerprint density at radius 1 is 1.15 bits per heavy atom. The van der Waals surface area contributed by atoms with Crippen molar-refractivity contribution in [1.29, 1.82) is 0 Å². The molecule has 1 fully saturated rings. The number of rotatable bonds is 6. The molecule has 1 aliphatic rings. The smallest absolute Gasteiger partial charge is 0.404 e. The highest BCUT2D eigenvalue weighted by molar-refractivity contribution is 5.56. The number of para-hydroxylation sites is 2. The first-order chi connectivity index (χ1) is 9.54. The van der Waals surface area contributed by atoms with Gasteiger partial charge < -0.3 is 15.0 Å². The summed E-state index contributed by atoms with van der Waals surface area (Å²) in [6, 6.07) is 6.12. The fourth-order valence-electron chi connectivity index (χ4n) is 2.36. The predicted octanol–water partition coefficient (Wildman–Crippen LogP) is 3.48. The number of likely N-dealkylation sites (tertiary alicyclic amines) is 1. The van der Waals surface area contributed by atoms with Crippen LogP contribution in [0.3, 0.4) is 0 Å². The minimum absolute atomic E-state index is 0.179. The summed E-state index contributed by atoms with van der Waals surface area (Å²) in [7, 11) is 0. The highest BCUT2D eigenvalue weighted by Gasteiger charge is 2.32. The molecule has 1 aromatic rings. The van der Waals surface area contributed by atoms with Crippen LogP contribution in [0.5, 0.6) is 5.75 Å². The van der Waals surface area contributed by atoms with Gasteiger partial charge in [0.2, 0.25) is 0 Å². The molecule has 1 saturated heterocycles. The lowest BCUT2D eigenvalue weighted by Gasteiger charge is -2.16. The maximum Gasteiger partial charge on any atom is 0.573 e. The van der Waals surface area contributed by atoms with Gasteiger partial charge in [-0.2, -0.15) is 0 Å². The number of anilines is 1. The summed E-state index contributed by atoms with van der Waals surface area (Å²) in [5.74, 6) is -0.179. The largest absolute Gasteiger partial charge is 0.573 e. The minimum atomic E-state index is -4.66. The summed E-state index contributed by atoms with van der Waals surface area (Å²) >= 11 is 0. The van der Waals surface area contributed by atoms with E-state index in [9.17, 15) is 13.2 Å². The van der Waals surface area contributed by atoms with Crippen molar-refractivity contribution in [1.82, 2.24) is 4.90 Å². The summed E-state index contributed by atoms with van der Waals surface area (Å²) in [5, 5.41) is 3.01. The molecule has 0 aromatic heterocycles. The number of benzene rings is 1. The van der Waals surface area contributed by atoms with Crippen LogP contribution in [-0.4, -0.2) is 37.4 Å². The van der Waals surface area contributed by atoms with E-state index in [1.165, 1.54) is 25.0 Å². The zero-order valence-electron chi connectivity index (χ0n) is 11.2. The Hall–Kier alpha value is -1.43. The monoisotopic (exact) mass is 288 g/mol. The highest BCUT2D eigenvalue weighted by atomic mass is 19.4. The second-order valence-corrected chi connectivity index (χ2v) is 4.87. The second-order valence-electron chi connectivity index (χ2n) is 4.87. The van der Waals surface area contributed by atoms with Gasteiger partial charge in [0.05, 0.1) is 5.69 Å². The molecule has 0 unspecified atom stereocenters. The Balaban J connectivity index is 1.79. The van der Waals surface area contributed by atoms with Gasteiger partial charge in [-0.05, 0) is 51.0 Å². The van der Waals surface area contributed by atoms with Gasteiger partial charge >= 0.3 is 6.36 Å². The van der Waals surface area contributed by atoms with E-state index in [0.717, 1.165) is 26.1 Å². The number of alkyl halides is 3. The first-order valence-corrected chi connectivity index (χ1v) is 6.85. The Bertz CT molecular complexity index is 417. The Morgan fingerprint density at radius 3 is 2.55 bits per heavy atom. The molecular weight excluding hydrogens is 269 g/mol. The van der Waals surface area contributed by atoms with Crippen LogP contribution >= 0.6 is 0 Å². The summed E-state index contributed by atoms with van der Waals surface area (Å²) in [6.45, 7) is 3.88. The number of ether oxygens (including phenoxy) is 1. The lowest BCUT2D eigenvalue weighted by Crippen LogP contribution is -2.22. The maximum atomic E-state index is 12.3. The van der Waals surface area contributed by atoms with Crippen molar-refractivity contribution in [3.63, 3.8) is 0 Å². The molecule has 0 radical (unpaired) electrons. The standard InChI is InChI=1S/C14H19F3N2O/c15-14(16,17)20-13-7-2-1-6-12(13)18-8-5-11-19-9-3-4-10-19/h1-2,6-7,18H,3-5,8-11H2. The third kappa shape index (κ3) is 4.92. The van der Waals surface area contributed by atoms with Crippen molar-refractivity contribution in [3.8, 4) is 5.75 Å². The molecule has 0 amide bonds. The fourth-order valence-corrected chi connectivity index (χ4v) is 2.36. The maximum absolute atomic E-state index is 12.3. The number of hydrogen-bond donors (Lipinski definition) is 1. The highest BCUT2D eigenvalue weighted by Crippen LogP contribution is 2.29. The van der Waals surface area contributed by atoms with Crippen molar-refractivity contribution in [2.24, 2.45) is 0 Å². The van der Waals surface area contributed by atoms with Gasteiger partial charge in [-0.3, -0.25) is 0 Å². The molecule has 1 aliphatic heterocycles. The topological polar surface area (TPSA) is 24.5 Å². The van der Waals surface area contributed by atoms with Crippen LogP contribution in [0.2, 0.25) is 0 Å². The zero-order valence-corrected chi connectivity index (χ0v) is 11.2. The molecule has 3 nitrogen and oxygen atoms in total. The van der Waals surface area contributed by atoms with Crippen LogP contribution in [0.1, 0.15) is 19.3 Å². The average molecular weight is 288 g/mol. The summed E-state index contributed by atoms with van der Waals surface area (Å²) in [4.78, 5) is 2.37. The molecule has 0 aliphatic carbocycles. The van der Waals surface area contributed by atoms with E-state index < -0.39 is 6.36 Å². The lowest BCUT2D eigenvalue weighted by atomic mass is 10.3. The van der Waals surface area contributed by atoms with Crippen LogP contribution in [0.4, 0.5) is 18.9 Å². The van der Waals surface area contributed by atoms with E-state index in [2.05, 4.69) is 15.0 Å². The van der Waals surface area contributed by atoms with Crippen LogP contribution in [-0.2, 0) is 0 Å².